The topological polar surface area (TPSA) is 75.3 Å². The first-order valence-corrected chi connectivity index (χ1v) is 12.7. The second-order valence-corrected chi connectivity index (χ2v) is 9.60. The Labute approximate surface area is 243 Å². The lowest BCUT2D eigenvalue weighted by Crippen LogP contribution is -2.11. The highest BCUT2D eigenvalue weighted by Gasteiger charge is 2.25. The normalized spacial score (nSPS) is 12.2. The molecule has 0 amide bonds. The number of nitrogens with zero attached hydrogens (tertiary/aromatic N) is 2. The molecule has 2 unspecified atom stereocenters. The van der Waals surface area contributed by atoms with Crippen LogP contribution in [-0.2, 0) is 0 Å². The lowest BCUT2D eigenvalue weighted by Gasteiger charge is -2.20. The smallest absolute Gasteiger partial charge is 0.168 e. The summed E-state index contributed by atoms with van der Waals surface area (Å²) < 4.78 is 103. The van der Waals surface area contributed by atoms with Crippen molar-refractivity contribution in [3.8, 4) is 35.1 Å². The molecular weight excluding hydrogens is 574 g/mol. The summed E-state index contributed by atoms with van der Waals surface area (Å²) in [5.74, 6) is -7.42. The minimum Gasteiger partial charge on any atom is -0.484 e. The largest absolute Gasteiger partial charge is 0.484 e. The third kappa shape index (κ3) is 6.21. The minimum atomic E-state index is -1.41. The Morgan fingerprint density at radius 1 is 0.581 bits per heavy atom. The molecule has 43 heavy (non-hydrogen) atoms. The van der Waals surface area contributed by atoms with Gasteiger partial charge in [0.1, 0.15) is 59.0 Å². The number of rotatable bonds is 8. The molecule has 0 aliphatic carbocycles. The highest BCUT2D eigenvalue weighted by Crippen LogP contribution is 2.36. The van der Waals surface area contributed by atoms with E-state index >= 15 is 0 Å². The Balaban J connectivity index is 1.62. The summed E-state index contributed by atoms with van der Waals surface area (Å²) in [6, 6.07) is 13.4. The molecule has 5 nitrogen and oxygen atoms in total. The second kappa shape index (κ2) is 12.4. The fourth-order valence-corrected chi connectivity index (χ4v) is 4.35. The number of benzene rings is 4. The van der Waals surface area contributed by atoms with E-state index < -0.39 is 58.2 Å². The molecule has 11 heteroatoms. The van der Waals surface area contributed by atoms with E-state index in [1.54, 1.807) is 0 Å². The molecule has 220 valence electrons. The van der Waals surface area contributed by atoms with Crippen molar-refractivity contribution >= 4 is 0 Å². The lowest BCUT2D eigenvalue weighted by atomic mass is 10.1. The number of hydrogen-bond acceptors (Lipinski definition) is 5. The fourth-order valence-electron chi connectivity index (χ4n) is 4.35. The molecule has 0 heterocycles. The van der Waals surface area contributed by atoms with Crippen molar-refractivity contribution in [2.45, 2.75) is 39.9 Å². The van der Waals surface area contributed by atoms with Gasteiger partial charge >= 0.3 is 0 Å². The molecule has 0 fully saturated rings. The van der Waals surface area contributed by atoms with Crippen molar-refractivity contribution in [3.05, 3.63) is 117 Å². The van der Waals surface area contributed by atoms with Gasteiger partial charge in [-0.2, -0.15) is 10.5 Å². The Morgan fingerprint density at radius 2 is 0.953 bits per heavy atom. The SMILES string of the molecule is Cc1cc(F)c(C(C)Oc2cc(Oc3ccc(C#N)c(OC(C)c4c(F)cc(C)c(F)c4F)c3)ccc2C#N)c(F)c1F. The van der Waals surface area contributed by atoms with E-state index in [0.29, 0.717) is 0 Å². The van der Waals surface area contributed by atoms with E-state index in [1.807, 2.05) is 12.1 Å². The average molecular weight is 597 g/mol. The first-order chi connectivity index (χ1) is 20.4. The summed E-state index contributed by atoms with van der Waals surface area (Å²) in [4.78, 5) is 0. The van der Waals surface area contributed by atoms with E-state index in [-0.39, 0.29) is 45.3 Å². The van der Waals surface area contributed by atoms with Crippen LogP contribution in [0.1, 0.15) is 59.4 Å². The van der Waals surface area contributed by atoms with E-state index in [2.05, 4.69) is 0 Å². The number of nitriles is 2. The zero-order valence-corrected chi connectivity index (χ0v) is 23.2. The van der Waals surface area contributed by atoms with Gasteiger partial charge in [0, 0.05) is 12.1 Å². The minimum absolute atomic E-state index is 0.0142. The highest BCUT2D eigenvalue weighted by molar-refractivity contribution is 5.51. The molecule has 0 bridgehead atoms. The third-order valence-corrected chi connectivity index (χ3v) is 6.56. The van der Waals surface area contributed by atoms with Gasteiger partial charge in [-0.3, -0.25) is 0 Å². The molecule has 4 rings (SSSR count). The van der Waals surface area contributed by atoms with Gasteiger partial charge in [0.05, 0.1) is 22.3 Å². The second-order valence-electron chi connectivity index (χ2n) is 9.60. The van der Waals surface area contributed by atoms with E-state index in [9.17, 15) is 36.9 Å². The van der Waals surface area contributed by atoms with Crippen molar-refractivity contribution in [1.82, 2.24) is 0 Å². The van der Waals surface area contributed by atoms with Crippen LogP contribution in [0.15, 0.2) is 48.5 Å². The van der Waals surface area contributed by atoms with Gasteiger partial charge in [0.25, 0.3) is 0 Å². The van der Waals surface area contributed by atoms with Gasteiger partial charge in [0.15, 0.2) is 23.3 Å². The quantitative estimate of drug-likeness (QED) is 0.150. The molecule has 0 aliphatic heterocycles. The summed E-state index contributed by atoms with van der Waals surface area (Å²) in [6.07, 6.45) is -2.69. The number of halogens is 6. The Kier molecular flexibility index (Phi) is 8.86. The molecule has 0 aliphatic rings. The lowest BCUT2D eigenvalue weighted by molar-refractivity contribution is 0.211. The van der Waals surface area contributed by atoms with Gasteiger partial charge in [-0.25, -0.2) is 26.3 Å². The van der Waals surface area contributed by atoms with E-state index in [1.165, 1.54) is 64.1 Å². The summed E-state index contributed by atoms with van der Waals surface area (Å²) in [7, 11) is 0. The number of hydrogen-bond donors (Lipinski definition) is 0. The maximum absolute atomic E-state index is 14.5. The van der Waals surface area contributed by atoms with Crippen LogP contribution in [-0.4, -0.2) is 0 Å². The van der Waals surface area contributed by atoms with Gasteiger partial charge in [-0.1, -0.05) is 0 Å². The van der Waals surface area contributed by atoms with Crippen LogP contribution in [0.25, 0.3) is 0 Å². The maximum Gasteiger partial charge on any atom is 0.168 e. The fraction of sp³-hybridized carbons (Fsp3) is 0.188. The van der Waals surface area contributed by atoms with Crippen molar-refractivity contribution < 1.29 is 40.6 Å². The molecule has 0 radical (unpaired) electrons. The standard InChI is InChI=1S/C32H22F6N2O3/c1-15-9-23(33)27(31(37)29(15)35)17(3)41-25-11-21(7-5-19(25)13-39)43-22-8-6-20(14-40)26(12-22)42-18(4)28-24(34)10-16(2)30(36)32(28)38/h5-12,17-18H,1-4H3. The molecule has 2 atom stereocenters. The van der Waals surface area contributed by atoms with Crippen LogP contribution in [0, 0.1) is 71.4 Å². The van der Waals surface area contributed by atoms with Gasteiger partial charge in [-0.05, 0) is 75.2 Å². The van der Waals surface area contributed by atoms with Crippen molar-refractivity contribution in [2.24, 2.45) is 0 Å². The summed E-state index contributed by atoms with van der Waals surface area (Å²) in [6.45, 7) is 4.99. The monoisotopic (exact) mass is 596 g/mol. The molecule has 0 saturated heterocycles. The number of aryl methyl sites for hydroxylation is 2. The predicted molar refractivity (Wildman–Crippen MR) is 143 cm³/mol. The molecule has 0 N–H and O–H groups in total. The number of ether oxygens (including phenoxy) is 3. The van der Waals surface area contributed by atoms with Crippen LogP contribution in [0.2, 0.25) is 0 Å². The molecule has 4 aromatic carbocycles. The Morgan fingerprint density at radius 3 is 1.30 bits per heavy atom. The maximum atomic E-state index is 14.5. The Hall–Kier alpha value is -5.16. The summed E-state index contributed by atoms with van der Waals surface area (Å²) >= 11 is 0. The zero-order chi connectivity index (χ0) is 31.6. The molecular formula is C32H22F6N2O3. The van der Waals surface area contributed by atoms with Crippen molar-refractivity contribution in [2.75, 3.05) is 0 Å². The van der Waals surface area contributed by atoms with Crippen LogP contribution < -0.4 is 14.2 Å². The average Bonchev–Trinajstić information content (AvgIpc) is 2.95. The predicted octanol–water partition coefficient (Wildman–Crippen LogP) is 8.95. The van der Waals surface area contributed by atoms with E-state index in [0.717, 1.165) is 12.1 Å². The van der Waals surface area contributed by atoms with Gasteiger partial charge < -0.3 is 14.2 Å². The first kappa shape index (κ1) is 30.8. The van der Waals surface area contributed by atoms with Crippen molar-refractivity contribution in [1.29, 1.82) is 10.5 Å². The molecule has 4 aromatic rings. The molecule has 0 spiro atoms. The Bertz CT molecular complexity index is 1680. The van der Waals surface area contributed by atoms with Gasteiger partial charge in [-0.15, -0.1) is 0 Å². The van der Waals surface area contributed by atoms with Crippen LogP contribution in [0.3, 0.4) is 0 Å². The summed E-state index contributed by atoms with van der Waals surface area (Å²) in [5, 5.41) is 19.0. The van der Waals surface area contributed by atoms with Crippen LogP contribution in [0.4, 0.5) is 26.3 Å². The van der Waals surface area contributed by atoms with Crippen LogP contribution >= 0.6 is 0 Å². The van der Waals surface area contributed by atoms with Crippen LogP contribution in [0.5, 0.6) is 23.0 Å². The van der Waals surface area contributed by atoms with Gasteiger partial charge in [0.2, 0.25) is 0 Å². The molecule has 0 aromatic heterocycles. The first-order valence-electron chi connectivity index (χ1n) is 12.7. The highest BCUT2D eigenvalue weighted by atomic mass is 19.2. The summed E-state index contributed by atoms with van der Waals surface area (Å²) in [5.41, 5.74) is -1.80. The molecule has 0 saturated carbocycles. The van der Waals surface area contributed by atoms with E-state index in [4.69, 9.17) is 14.2 Å². The third-order valence-electron chi connectivity index (χ3n) is 6.56. The zero-order valence-electron chi connectivity index (χ0n) is 23.2. The van der Waals surface area contributed by atoms with Crippen molar-refractivity contribution in [3.63, 3.8) is 0 Å².